The van der Waals surface area contributed by atoms with E-state index >= 15 is 0 Å². The third kappa shape index (κ3) is 2.57. The summed E-state index contributed by atoms with van der Waals surface area (Å²) in [5, 5.41) is 4.49. The van der Waals surface area contributed by atoms with E-state index < -0.39 is 0 Å². The van der Waals surface area contributed by atoms with Gasteiger partial charge in [0, 0.05) is 36.3 Å². The van der Waals surface area contributed by atoms with Gasteiger partial charge in [-0.05, 0) is 26.0 Å². The first-order chi connectivity index (χ1) is 10.2. The SMILES string of the molecule is CCn1cc(NCc2c(C)oc3ccccc23)ccc1=O. The quantitative estimate of drug-likeness (QED) is 0.796. The molecule has 0 atom stereocenters. The van der Waals surface area contributed by atoms with Gasteiger partial charge in [0.1, 0.15) is 11.3 Å². The van der Waals surface area contributed by atoms with Gasteiger partial charge in [-0.3, -0.25) is 4.79 Å². The number of aromatic nitrogens is 1. The molecule has 0 radical (unpaired) electrons. The number of nitrogens with zero attached hydrogens (tertiary/aromatic N) is 1. The molecule has 0 saturated carbocycles. The third-order valence-electron chi connectivity index (χ3n) is 3.69. The molecule has 1 N–H and O–H groups in total. The Labute approximate surface area is 123 Å². The molecular formula is C17H18N2O2. The molecule has 0 aliphatic rings. The van der Waals surface area contributed by atoms with E-state index in [0.717, 1.165) is 28.0 Å². The molecule has 0 bridgehead atoms. The summed E-state index contributed by atoms with van der Waals surface area (Å²) >= 11 is 0. The summed E-state index contributed by atoms with van der Waals surface area (Å²) in [6, 6.07) is 11.4. The van der Waals surface area contributed by atoms with Crippen LogP contribution in [0.3, 0.4) is 0 Å². The summed E-state index contributed by atoms with van der Waals surface area (Å²) in [4.78, 5) is 11.6. The minimum Gasteiger partial charge on any atom is -0.461 e. The number of benzene rings is 1. The molecule has 4 heteroatoms. The Morgan fingerprint density at radius 3 is 2.81 bits per heavy atom. The van der Waals surface area contributed by atoms with Gasteiger partial charge in [-0.15, -0.1) is 0 Å². The van der Waals surface area contributed by atoms with E-state index in [1.165, 1.54) is 0 Å². The molecule has 2 aromatic heterocycles. The predicted octanol–water partition coefficient (Wildman–Crippen LogP) is 3.53. The maximum absolute atomic E-state index is 11.6. The molecule has 0 aliphatic carbocycles. The molecular weight excluding hydrogens is 264 g/mol. The van der Waals surface area contributed by atoms with Crippen molar-refractivity contribution < 1.29 is 4.42 Å². The van der Waals surface area contributed by atoms with E-state index in [4.69, 9.17) is 4.42 Å². The van der Waals surface area contributed by atoms with Gasteiger partial charge in [0.25, 0.3) is 5.56 Å². The lowest BCUT2D eigenvalue weighted by Gasteiger charge is -2.08. The maximum Gasteiger partial charge on any atom is 0.250 e. The van der Waals surface area contributed by atoms with E-state index in [-0.39, 0.29) is 5.56 Å². The smallest absolute Gasteiger partial charge is 0.250 e. The monoisotopic (exact) mass is 282 g/mol. The topological polar surface area (TPSA) is 47.2 Å². The first kappa shape index (κ1) is 13.5. The number of pyridine rings is 1. The van der Waals surface area contributed by atoms with Crippen molar-refractivity contribution in [3.05, 3.63) is 64.3 Å². The Bertz CT molecular complexity index is 830. The molecule has 0 unspecified atom stereocenters. The minimum atomic E-state index is 0.0213. The van der Waals surface area contributed by atoms with E-state index in [2.05, 4.69) is 11.4 Å². The number of furan rings is 1. The number of fused-ring (bicyclic) bond motifs is 1. The average Bonchev–Trinajstić information content (AvgIpc) is 2.82. The number of nitrogens with one attached hydrogen (secondary N) is 1. The highest BCUT2D eigenvalue weighted by atomic mass is 16.3. The van der Waals surface area contributed by atoms with Crippen LogP contribution in [0.5, 0.6) is 0 Å². The van der Waals surface area contributed by atoms with Crippen molar-refractivity contribution in [2.75, 3.05) is 5.32 Å². The van der Waals surface area contributed by atoms with Crippen LogP contribution >= 0.6 is 0 Å². The second-order valence-electron chi connectivity index (χ2n) is 5.03. The van der Waals surface area contributed by atoms with Gasteiger partial charge in [-0.25, -0.2) is 0 Å². The Balaban J connectivity index is 1.87. The van der Waals surface area contributed by atoms with Crippen molar-refractivity contribution in [1.29, 1.82) is 0 Å². The highest BCUT2D eigenvalue weighted by Gasteiger charge is 2.10. The van der Waals surface area contributed by atoms with E-state index in [0.29, 0.717) is 13.1 Å². The molecule has 21 heavy (non-hydrogen) atoms. The fraction of sp³-hybridized carbons (Fsp3) is 0.235. The largest absolute Gasteiger partial charge is 0.461 e. The summed E-state index contributed by atoms with van der Waals surface area (Å²) in [6.45, 7) is 5.27. The molecule has 0 amide bonds. The number of para-hydroxylation sites is 1. The zero-order valence-electron chi connectivity index (χ0n) is 12.2. The van der Waals surface area contributed by atoms with Crippen LogP contribution in [0, 0.1) is 6.92 Å². The number of aryl methyl sites for hydroxylation is 2. The number of anilines is 1. The zero-order valence-corrected chi connectivity index (χ0v) is 12.2. The van der Waals surface area contributed by atoms with Gasteiger partial charge in [0.05, 0.1) is 5.69 Å². The molecule has 0 spiro atoms. The summed E-state index contributed by atoms with van der Waals surface area (Å²) in [5.74, 6) is 0.924. The summed E-state index contributed by atoms with van der Waals surface area (Å²) in [6.07, 6.45) is 1.85. The van der Waals surface area contributed by atoms with Crippen LogP contribution in [0.15, 0.2) is 51.8 Å². The van der Waals surface area contributed by atoms with Crippen molar-refractivity contribution in [3.63, 3.8) is 0 Å². The van der Waals surface area contributed by atoms with Crippen molar-refractivity contribution in [2.24, 2.45) is 0 Å². The highest BCUT2D eigenvalue weighted by Crippen LogP contribution is 2.25. The fourth-order valence-electron chi connectivity index (χ4n) is 2.51. The average molecular weight is 282 g/mol. The van der Waals surface area contributed by atoms with Gasteiger partial charge < -0.3 is 14.3 Å². The van der Waals surface area contributed by atoms with Gasteiger partial charge >= 0.3 is 0 Å². The lowest BCUT2D eigenvalue weighted by molar-refractivity contribution is 0.573. The van der Waals surface area contributed by atoms with Gasteiger partial charge in [0.2, 0.25) is 0 Å². The lowest BCUT2D eigenvalue weighted by Crippen LogP contribution is -2.17. The molecule has 4 nitrogen and oxygen atoms in total. The molecule has 1 aromatic carbocycles. The van der Waals surface area contributed by atoms with Crippen LogP contribution in [0.4, 0.5) is 5.69 Å². The van der Waals surface area contributed by atoms with Crippen molar-refractivity contribution >= 4 is 16.7 Å². The number of hydrogen-bond donors (Lipinski definition) is 1. The van der Waals surface area contributed by atoms with Crippen LogP contribution in [0.25, 0.3) is 11.0 Å². The van der Waals surface area contributed by atoms with Gasteiger partial charge in [-0.1, -0.05) is 18.2 Å². The Kier molecular flexibility index (Phi) is 3.52. The third-order valence-corrected chi connectivity index (χ3v) is 3.69. The van der Waals surface area contributed by atoms with Gasteiger partial charge in [-0.2, -0.15) is 0 Å². The number of hydrogen-bond acceptors (Lipinski definition) is 3. The van der Waals surface area contributed by atoms with E-state index in [9.17, 15) is 4.79 Å². The normalized spacial score (nSPS) is 11.0. The molecule has 0 fully saturated rings. The molecule has 0 aliphatic heterocycles. The van der Waals surface area contributed by atoms with Crippen LogP contribution in [-0.4, -0.2) is 4.57 Å². The van der Waals surface area contributed by atoms with Crippen molar-refractivity contribution in [1.82, 2.24) is 4.57 Å². The van der Waals surface area contributed by atoms with Gasteiger partial charge in [0.15, 0.2) is 0 Å². The summed E-state index contributed by atoms with van der Waals surface area (Å²) < 4.78 is 7.44. The first-order valence-corrected chi connectivity index (χ1v) is 7.10. The van der Waals surface area contributed by atoms with E-state index in [1.807, 2.05) is 44.3 Å². The molecule has 0 saturated heterocycles. The Morgan fingerprint density at radius 2 is 2.00 bits per heavy atom. The Hall–Kier alpha value is -2.49. The molecule has 108 valence electrons. The Morgan fingerprint density at radius 1 is 1.19 bits per heavy atom. The predicted molar refractivity (Wildman–Crippen MR) is 84.7 cm³/mol. The standard InChI is InChI=1S/C17H18N2O2/c1-3-19-11-13(8-9-17(19)20)18-10-15-12(2)21-16-7-5-4-6-14(15)16/h4-9,11,18H,3,10H2,1-2H3. The van der Waals surface area contributed by atoms with Crippen LogP contribution in [0.2, 0.25) is 0 Å². The summed E-state index contributed by atoms with van der Waals surface area (Å²) in [5.41, 5.74) is 3.01. The van der Waals surface area contributed by atoms with Crippen molar-refractivity contribution in [3.8, 4) is 0 Å². The zero-order chi connectivity index (χ0) is 14.8. The fourth-order valence-corrected chi connectivity index (χ4v) is 2.51. The number of rotatable bonds is 4. The van der Waals surface area contributed by atoms with E-state index in [1.54, 1.807) is 10.6 Å². The van der Waals surface area contributed by atoms with Crippen LogP contribution in [0.1, 0.15) is 18.2 Å². The molecule has 2 heterocycles. The van der Waals surface area contributed by atoms with Crippen LogP contribution in [-0.2, 0) is 13.1 Å². The second-order valence-corrected chi connectivity index (χ2v) is 5.03. The second kappa shape index (κ2) is 5.48. The van der Waals surface area contributed by atoms with Crippen molar-refractivity contribution in [2.45, 2.75) is 26.9 Å². The first-order valence-electron chi connectivity index (χ1n) is 7.10. The lowest BCUT2D eigenvalue weighted by atomic mass is 10.1. The molecule has 3 aromatic rings. The summed E-state index contributed by atoms with van der Waals surface area (Å²) in [7, 11) is 0. The maximum atomic E-state index is 11.6. The highest BCUT2D eigenvalue weighted by molar-refractivity contribution is 5.82. The van der Waals surface area contributed by atoms with Crippen LogP contribution < -0.4 is 10.9 Å². The minimum absolute atomic E-state index is 0.0213. The molecule has 3 rings (SSSR count).